The summed E-state index contributed by atoms with van der Waals surface area (Å²) in [4.78, 5) is 24.9. The van der Waals surface area contributed by atoms with E-state index in [0.29, 0.717) is 6.54 Å². The number of amides is 2. The molecule has 0 unspecified atom stereocenters. The highest BCUT2D eigenvalue weighted by atomic mass is 19.1. The summed E-state index contributed by atoms with van der Waals surface area (Å²) in [5, 5.41) is 4.70. The highest BCUT2D eigenvalue weighted by Gasteiger charge is 2.14. The molecular weight excluding hydrogens is 249 g/mol. The van der Waals surface area contributed by atoms with Gasteiger partial charge in [0, 0.05) is 6.54 Å². The first kappa shape index (κ1) is 15.1. The number of halogens is 1. The first-order chi connectivity index (χ1) is 9.00. The standard InChI is InChI=1S/C13H18FN3O2/c1-17(2)9-5-8-15-12(18)13(19)16-11-7-4-3-6-10(11)14/h3-4,6-7H,5,8-9H2,1-2H3,(H,15,18)(H,16,19). The topological polar surface area (TPSA) is 61.4 Å². The van der Waals surface area contributed by atoms with Crippen LogP contribution < -0.4 is 10.6 Å². The van der Waals surface area contributed by atoms with Crippen molar-refractivity contribution in [1.29, 1.82) is 0 Å². The van der Waals surface area contributed by atoms with Crippen molar-refractivity contribution >= 4 is 17.5 Å². The fraction of sp³-hybridized carbons (Fsp3) is 0.385. The highest BCUT2D eigenvalue weighted by Crippen LogP contribution is 2.11. The van der Waals surface area contributed by atoms with Crippen LogP contribution in [-0.2, 0) is 9.59 Å². The number of rotatable bonds is 5. The molecule has 0 heterocycles. The average Bonchev–Trinajstić information content (AvgIpc) is 2.36. The lowest BCUT2D eigenvalue weighted by atomic mass is 10.3. The summed E-state index contributed by atoms with van der Waals surface area (Å²) < 4.78 is 13.3. The van der Waals surface area contributed by atoms with E-state index in [1.54, 1.807) is 6.07 Å². The summed E-state index contributed by atoms with van der Waals surface area (Å²) in [6.07, 6.45) is 0.742. The number of hydrogen-bond acceptors (Lipinski definition) is 3. The summed E-state index contributed by atoms with van der Waals surface area (Å²) in [5.74, 6) is -2.20. The Morgan fingerprint density at radius 3 is 2.53 bits per heavy atom. The Morgan fingerprint density at radius 1 is 1.21 bits per heavy atom. The third-order valence-corrected chi connectivity index (χ3v) is 2.40. The van der Waals surface area contributed by atoms with E-state index in [0.717, 1.165) is 13.0 Å². The van der Waals surface area contributed by atoms with Gasteiger partial charge in [-0.25, -0.2) is 4.39 Å². The Bertz CT molecular complexity index is 449. The number of nitrogens with zero attached hydrogens (tertiary/aromatic N) is 1. The number of carbonyl (C=O) groups is 2. The van der Waals surface area contributed by atoms with E-state index < -0.39 is 17.6 Å². The van der Waals surface area contributed by atoms with Gasteiger partial charge in [0.25, 0.3) is 0 Å². The van der Waals surface area contributed by atoms with Crippen molar-refractivity contribution in [3.05, 3.63) is 30.1 Å². The van der Waals surface area contributed by atoms with Gasteiger partial charge in [-0.15, -0.1) is 0 Å². The average molecular weight is 267 g/mol. The summed E-state index contributed by atoms with van der Waals surface area (Å²) >= 11 is 0. The lowest BCUT2D eigenvalue weighted by Crippen LogP contribution is -2.36. The number of hydrogen-bond donors (Lipinski definition) is 2. The molecule has 0 radical (unpaired) electrons. The zero-order valence-corrected chi connectivity index (χ0v) is 11.1. The van der Waals surface area contributed by atoms with Crippen LogP contribution >= 0.6 is 0 Å². The zero-order valence-electron chi connectivity index (χ0n) is 11.1. The normalized spacial score (nSPS) is 10.3. The van der Waals surface area contributed by atoms with Crippen molar-refractivity contribution in [2.75, 3.05) is 32.5 Å². The number of carbonyl (C=O) groups excluding carboxylic acids is 2. The van der Waals surface area contributed by atoms with Crippen LogP contribution in [0.2, 0.25) is 0 Å². The van der Waals surface area contributed by atoms with Crippen molar-refractivity contribution in [3.8, 4) is 0 Å². The van der Waals surface area contributed by atoms with Gasteiger partial charge >= 0.3 is 11.8 Å². The predicted octanol–water partition coefficient (Wildman–Crippen LogP) is 0.832. The Labute approximate surface area is 111 Å². The fourth-order valence-corrected chi connectivity index (χ4v) is 1.42. The second-order valence-corrected chi connectivity index (χ2v) is 4.35. The molecular formula is C13H18FN3O2. The van der Waals surface area contributed by atoms with Gasteiger partial charge in [0.1, 0.15) is 5.82 Å². The van der Waals surface area contributed by atoms with Crippen LogP contribution in [-0.4, -0.2) is 43.9 Å². The third-order valence-electron chi connectivity index (χ3n) is 2.40. The molecule has 0 saturated heterocycles. The third kappa shape index (κ3) is 5.48. The first-order valence-electron chi connectivity index (χ1n) is 5.99. The number of anilines is 1. The number of para-hydroxylation sites is 1. The van der Waals surface area contributed by atoms with E-state index in [4.69, 9.17) is 0 Å². The van der Waals surface area contributed by atoms with Gasteiger partial charge in [-0.05, 0) is 39.2 Å². The van der Waals surface area contributed by atoms with Crippen LogP contribution in [0, 0.1) is 5.82 Å². The monoisotopic (exact) mass is 267 g/mol. The summed E-state index contributed by atoms with van der Waals surface area (Å²) in [6.45, 7) is 1.22. The smallest absolute Gasteiger partial charge is 0.313 e. The maximum atomic E-state index is 13.3. The summed E-state index contributed by atoms with van der Waals surface area (Å²) in [7, 11) is 3.85. The lowest BCUT2D eigenvalue weighted by Gasteiger charge is -2.10. The Balaban J connectivity index is 2.37. The van der Waals surface area contributed by atoms with Crippen LogP contribution in [0.1, 0.15) is 6.42 Å². The van der Waals surface area contributed by atoms with E-state index in [-0.39, 0.29) is 5.69 Å². The van der Waals surface area contributed by atoms with Gasteiger partial charge in [-0.2, -0.15) is 0 Å². The molecule has 0 saturated carbocycles. The minimum atomic E-state index is -0.866. The Kier molecular flexibility index (Phi) is 5.95. The van der Waals surface area contributed by atoms with Crippen molar-refractivity contribution in [2.45, 2.75) is 6.42 Å². The van der Waals surface area contributed by atoms with Gasteiger partial charge in [0.15, 0.2) is 0 Å². The molecule has 0 aromatic heterocycles. The molecule has 0 bridgehead atoms. The molecule has 19 heavy (non-hydrogen) atoms. The highest BCUT2D eigenvalue weighted by molar-refractivity contribution is 6.39. The van der Waals surface area contributed by atoms with E-state index in [1.807, 2.05) is 19.0 Å². The predicted molar refractivity (Wildman–Crippen MR) is 71.2 cm³/mol. The van der Waals surface area contributed by atoms with Crippen LogP contribution in [0.4, 0.5) is 10.1 Å². The number of nitrogens with one attached hydrogen (secondary N) is 2. The minimum Gasteiger partial charge on any atom is -0.348 e. The van der Waals surface area contributed by atoms with Crippen molar-refractivity contribution in [2.24, 2.45) is 0 Å². The van der Waals surface area contributed by atoms with Crippen LogP contribution in [0.25, 0.3) is 0 Å². The molecule has 1 aromatic carbocycles. The van der Waals surface area contributed by atoms with Crippen LogP contribution in [0.15, 0.2) is 24.3 Å². The molecule has 1 aromatic rings. The quantitative estimate of drug-likeness (QED) is 0.613. The first-order valence-corrected chi connectivity index (χ1v) is 5.99. The molecule has 0 fully saturated rings. The second-order valence-electron chi connectivity index (χ2n) is 4.35. The molecule has 1 rings (SSSR count). The Morgan fingerprint density at radius 2 is 1.89 bits per heavy atom. The number of benzene rings is 1. The van der Waals surface area contributed by atoms with E-state index >= 15 is 0 Å². The van der Waals surface area contributed by atoms with Gasteiger partial charge in [0.05, 0.1) is 5.69 Å². The molecule has 0 spiro atoms. The maximum absolute atomic E-state index is 13.3. The van der Waals surface area contributed by atoms with Crippen molar-refractivity contribution < 1.29 is 14.0 Å². The fourth-order valence-electron chi connectivity index (χ4n) is 1.42. The minimum absolute atomic E-state index is 0.00376. The molecule has 0 aliphatic carbocycles. The molecule has 0 atom stereocenters. The van der Waals surface area contributed by atoms with Crippen LogP contribution in [0.5, 0.6) is 0 Å². The molecule has 0 aliphatic rings. The van der Waals surface area contributed by atoms with E-state index in [9.17, 15) is 14.0 Å². The summed E-state index contributed by atoms with van der Waals surface area (Å²) in [5.41, 5.74) is -0.00376. The SMILES string of the molecule is CN(C)CCCNC(=O)C(=O)Nc1ccccc1F. The largest absolute Gasteiger partial charge is 0.348 e. The van der Waals surface area contributed by atoms with Gasteiger partial charge < -0.3 is 15.5 Å². The molecule has 6 heteroatoms. The molecule has 104 valence electrons. The van der Waals surface area contributed by atoms with Crippen molar-refractivity contribution in [3.63, 3.8) is 0 Å². The van der Waals surface area contributed by atoms with Crippen molar-refractivity contribution in [1.82, 2.24) is 10.2 Å². The molecule has 2 amide bonds. The van der Waals surface area contributed by atoms with E-state index in [2.05, 4.69) is 10.6 Å². The Hall–Kier alpha value is -1.95. The molecule has 0 aliphatic heterocycles. The molecule has 5 nitrogen and oxygen atoms in total. The van der Waals surface area contributed by atoms with Crippen LogP contribution in [0.3, 0.4) is 0 Å². The van der Waals surface area contributed by atoms with E-state index in [1.165, 1.54) is 18.2 Å². The second kappa shape index (κ2) is 7.48. The maximum Gasteiger partial charge on any atom is 0.313 e. The lowest BCUT2D eigenvalue weighted by molar-refractivity contribution is -0.136. The van der Waals surface area contributed by atoms with Gasteiger partial charge in [0.2, 0.25) is 0 Å². The zero-order chi connectivity index (χ0) is 14.3. The van der Waals surface area contributed by atoms with Gasteiger partial charge in [-0.1, -0.05) is 12.1 Å². The summed E-state index contributed by atoms with van der Waals surface area (Å²) in [6, 6.07) is 5.69. The molecule has 2 N–H and O–H groups in total. The van der Waals surface area contributed by atoms with Gasteiger partial charge in [-0.3, -0.25) is 9.59 Å².